The van der Waals surface area contributed by atoms with Gasteiger partial charge in [0.2, 0.25) is 17.7 Å². The summed E-state index contributed by atoms with van der Waals surface area (Å²) in [5.74, 6) is -1.90. The normalized spacial score (nSPS) is 16.2. The lowest BCUT2D eigenvalue weighted by molar-refractivity contribution is -0.130. The predicted octanol–water partition coefficient (Wildman–Crippen LogP) is 2.84. The van der Waals surface area contributed by atoms with Gasteiger partial charge in [-0.05, 0) is 58.4 Å². The quantitative estimate of drug-likeness (QED) is 0.196. The molecule has 3 atom stereocenters. The van der Waals surface area contributed by atoms with E-state index in [0.717, 1.165) is 5.56 Å². The first-order chi connectivity index (χ1) is 21.1. The Bertz CT molecular complexity index is 1230. The van der Waals surface area contributed by atoms with Gasteiger partial charge < -0.3 is 36.1 Å². The highest BCUT2D eigenvalue weighted by Crippen LogP contribution is 2.19. The molecule has 0 bridgehead atoms. The fourth-order valence-corrected chi connectivity index (χ4v) is 4.39. The Morgan fingerprint density at radius 3 is 2.27 bits per heavy atom. The van der Waals surface area contributed by atoms with Gasteiger partial charge >= 0.3 is 12.2 Å². The van der Waals surface area contributed by atoms with Gasteiger partial charge in [-0.25, -0.2) is 9.59 Å². The molecule has 1 heterocycles. The van der Waals surface area contributed by atoms with Crippen molar-refractivity contribution < 1.29 is 38.2 Å². The van der Waals surface area contributed by atoms with E-state index >= 15 is 0 Å². The van der Waals surface area contributed by atoms with Gasteiger partial charge in [0.15, 0.2) is 0 Å². The zero-order chi connectivity index (χ0) is 33.6. The molecule has 0 aromatic heterocycles. The SMILES string of the molecule is CC(=O)CC=C(C[C@@H]1CCNC1=O)NC(=O)[C@H](CC(C)C)NC(=O)[C@H](CNC(=O)OC(C)(C)C)NC(=O)OCc1ccccc1. The summed E-state index contributed by atoms with van der Waals surface area (Å²) in [6.45, 7) is 10.4. The van der Waals surface area contributed by atoms with E-state index in [1.807, 2.05) is 19.9 Å². The molecule has 5 N–H and O–H groups in total. The summed E-state index contributed by atoms with van der Waals surface area (Å²) < 4.78 is 10.5. The highest BCUT2D eigenvalue weighted by molar-refractivity contribution is 5.92. The molecule has 248 valence electrons. The minimum absolute atomic E-state index is 0.0200. The van der Waals surface area contributed by atoms with E-state index in [0.29, 0.717) is 18.7 Å². The van der Waals surface area contributed by atoms with Crippen LogP contribution >= 0.6 is 0 Å². The number of ether oxygens (including phenoxy) is 2. The summed E-state index contributed by atoms with van der Waals surface area (Å²) in [6, 6.07) is 6.59. The van der Waals surface area contributed by atoms with Crippen LogP contribution in [0, 0.1) is 11.8 Å². The molecule has 0 unspecified atom stereocenters. The van der Waals surface area contributed by atoms with Crippen LogP contribution in [0.15, 0.2) is 42.1 Å². The number of benzene rings is 1. The molecule has 13 heteroatoms. The average Bonchev–Trinajstić information content (AvgIpc) is 3.35. The third kappa shape index (κ3) is 14.7. The first-order valence-electron chi connectivity index (χ1n) is 15.1. The van der Waals surface area contributed by atoms with Gasteiger partial charge in [-0.1, -0.05) is 50.3 Å². The van der Waals surface area contributed by atoms with Crippen molar-refractivity contribution in [2.75, 3.05) is 13.1 Å². The van der Waals surface area contributed by atoms with Crippen LogP contribution in [0.5, 0.6) is 0 Å². The van der Waals surface area contributed by atoms with E-state index in [1.54, 1.807) is 51.1 Å². The number of carbonyl (C=O) groups is 6. The van der Waals surface area contributed by atoms with Gasteiger partial charge in [0.05, 0.1) is 6.54 Å². The minimum atomic E-state index is -1.32. The van der Waals surface area contributed by atoms with Gasteiger partial charge in [0.25, 0.3) is 0 Å². The van der Waals surface area contributed by atoms with Crippen LogP contribution < -0.4 is 26.6 Å². The molecular formula is C32H47N5O8. The number of amides is 5. The number of alkyl carbamates (subject to hydrolysis) is 2. The highest BCUT2D eigenvalue weighted by atomic mass is 16.6. The number of hydrogen-bond donors (Lipinski definition) is 5. The fourth-order valence-electron chi connectivity index (χ4n) is 4.39. The molecule has 0 saturated carbocycles. The Labute approximate surface area is 264 Å². The lowest BCUT2D eigenvalue weighted by atomic mass is 9.99. The topological polar surface area (TPSA) is 181 Å². The summed E-state index contributed by atoms with van der Waals surface area (Å²) in [7, 11) is 0. The van der Waals surface area contributed by atoms with E-state index in [9.17, 15) is 28.8 Å². The first-order valence-corrected chi connectivity index (χ1v) is 15.1. The van der Waals surface area contributed by atoms with Gasteiger partial charge in [0, 0.05) is 24.6 Å². The van der Waals surface area contributed by atoms with E-state index in [-0.39, 0.29) is 55.9 Å². The van der Waals surface area contributed by atoms with Gasteiger partial charge in [-0.3, -0.25) is 19.2 Å². The van der Waals surface area contributed by atoms with Crippen LogP contribution in [-0.4, -0.2) is 66.5 Å². The molecule has 1 aromatic carbocycles. The lowest BCUT2D eigenvalue weighted by Gasteiger charge is -2.25. The van der Waals surface area contributed by atoms with Gasteiger partial charge in [0.1, 0.15) is 30.1 Å². The van der Waals surface area contributed by atoms with Crippen molar-refractivity contribution in [1.82, 2.24) is 26.6 Å². The molecule has 1 aliphatic rings. The molecule has 1 aromatic rings. The second-order valence-corrected chi connectivity index (χ2v) is 12.4. The number of hydrogen-bond acceptors (Lipinski definition) is 8. The van der Waals surface area contributed by atoms with Crippen molar-refractivity contribution in [3.05, 3.63) is 47.7 Å². The third-order valence-electron chi connectivity index (χ3n) is 6.56. The maximum Gasteiger partial charge on any atom is 0.408 e. The molecule has 2 rings (SSSR count). The van der Waals surface area contributed by atoms with E-state index in [4.69, 9.17) is 9.47 Å². The largest absolute Gasteiger partial charge is 0.445 e. The van der Waals surface area contributed by atoms with Crippen LogP contribution in [0.3, 0.4) is 0 Å². The molecule has 1 aliphatic heterocycles. The Kier molecular flexibility index (Phi) is 14.5. The smallest absolute Gasteiger partial charge is 0.408 e. The van der Waals surface area contributed by atoms with Crippen LogP contribution in [0.1, 0.15) is 72.8 Å². The van der Waals surface area contributed by atoms with Crippen LogP contribution in [0.25, 0.3) is 0 Å². The Hall–Kier alpha value is -4.42. The summed E-state index contributed by atoms with van der Waals surface area (Å²) in [4.78, 5) is 75.8. The average molecular weight is 630 g/mol. The van der Waals surface area contributed by atoms with Crippen molar-refractivity contribution in [3.63, 3.8) is 0 Å². The third-order valence-corrected chi connectivity index (χ3v) is 6.56. The summed E-state index contributed by atoms with van der Waals surface area (Å²) >= 11 is 0. The number of ketones is 1. The maximum absolute atomic E-state index is 13.5. The standard InChI is InChI=1S/C32H47N5O8/c1-20(2)16-25(28(40)35-24(13-12-21(3)38)17-23-14-15-33-27(23)39)36-29(41)26(18-34-30(42)45-32(4,5)6)37-31(43)44-19-22-10-8-7-9-11-22/h7-11,13,20,23,25-26H,12,14-19H2,1-6H3,(H,33,39)(H,34,42)(H,35,40)(H,36,41)(H,37,43)/t23-,25-,26-/m0/s1. The van der Waals surface area contributed by atoms with Crippen molar-refractivity contribution in [2.24, 2.45) is 11.8 Å². The van der Waals surface area contributed by atoms with Crippen LogP contribution in [0.2, 0.25) is 0 Å². The Balaban J connectivity index is 2.19. The number of nitrogens with one attached hydrogen (secondary N) is 5. The minimum Gasteiger partial charge on any atom is -0.445 e. The highest BCUT2D eigenvalue weighted by Gasteiger charge is 2.31. The molecule has 0 aliphatic carbocycles. The molecular weight excluding hydrogens is 582 g/mol. The second kappa shape index (κ2) is 17.8. The van der Waals surface area contributed by atoms with Crippen molar-refractivity contribution in [1.29, 1.82) is 0 Å². The molecule has 1 saturated heterocycles. The van der Waals surface area contributed by atoms with E-state index < -0.39 is 41.7 Å². The molecule has 45 heavy (non-hydrogen) atoms. The predicted molar refractivity (Wildman–Crippen MR) is 166 cm³/mol. The first kappa shape index (κ1) is 36.8. The van der Waals surface area contributed by atoms with Crippen LogP contribution in [0.4, 0.5) is 9.59 Å². The number of allylic oxidation sites excluding steroid dienone is 2. The molecule has 13 nitrogen and oxygen atoms in total. The Morgan fingerprint density at radius 2 is 1.69 bits per heavy atom. The van der Waals surface area contributed by atoms with Gasteiger partial charge in [-0.15, -0.1) is 0 Å². The number of rotatable bonds is 15. The monoisotopic (exact) mass is 629 g/mol. The van der Waals surface area contributed by atoms with Crippen LogP contribution in [-0.2, 0) is 35.3 Å². The molecule has 0 spiro atoms. The van der Waals surface area contributed by atoms with Crippen molar-refractivity contribution in [2.45, 2.75) is 91.5 Å². The second-order valence-electron chi connectivity index (χ2n) is 12.4. The van der Waals surface area contributed by atoms with E-state index in [1.165, 1.54) is 6.92 Å². The van der Waals surface area contributed by atoms with Crippen molar-refractivity contribution >= 4 is 35.7 Å². The zero-order valence-corrected chi connectivity index (χ0v) is 27.0. The molecule has 0 radical (unpaired) electrons. The summed E-state index contributed by atoms with van der Waals surface area (Å²) in [6.07, 6.45) is 1.01. The number of Topliss-reactive ketones (excluding diaryl/α,β-unsaturated/α-hetero) is 1. The van der Waals surface area contributed by atoms with E-state index in [2.05, 4.69) is 26.6 Å². The summed E-state index contributed by atoms with van der Waals surface area (Å²) in [5, 5.41) is 13.2. The molecule has 1 fully saturated rings. The number of carbonyl (C=O) groups excluding carboxylic acids is 6. The van der Waals surface area contributed by atoms with Crippen molar-refractivity contribution in [3.8, 4) is 0 Å². The Morgan fingerprint density at radius 1 is 1.00 bits per heavy atom. The van der Waals surface area contributed by atoms with Gasteiger partial charge in [-0.2, -0.15) is 0 Å². The fraction of sp³-hybridized carbons (Fsp3) is 0.562. The summed E-state index contributed by atoms with van der Waals surface area (Å²) in [5.41, 5.74) is 0.348. The molecule has 5 amide bonds. The maximum atomic E-state index is 13.5. The zero-order valence-electron chi connectivity index (χ0n) is 27.0. The lowest BCUT2D eigenvalue weighted by Crippen LogP contribution is -2.57.